The molecule has 0 N–H and O–H groups in total. The summed E-state index contributed by atoms with van der Waals surface area (Å²) in [5.74, 6) is 0. The summed E-state index contributed by atoms with van der Waals surface area (Å²) in [6, 6.07) is 0. The zero-order valence-corrected chi connectivity index (χ0v) is 9.09. The lowest BCUT2D eigenvalue weighted by atomic mass is 11.8. The molecule has 0 rings (SSSR count). The molecule has 0 aromatic carbocycles. The van der Waals surface area contributed by atoms with Crippen LogP contribution in [-0.2, 0) is 4.12 Å². The van der Waals surface area contributed by atoms with Gasteiger partial charge in [0.1, 0.15) is 0 Å². The monoisotopic (exact) mass is 200 g/mol. The molecule has 0 atom stereocenters. The van der Waals surface area contributed by atoms with E-state index in [4.69, 9.17) is 27.3 Å². The number of halogens is 2. The van der Waals surface area contributed by atoms with Crippen molar-refractivity contribution in [1.29, 1.82) is 0 Å². The van der Waals surface area contributed by atoms with E-state index in [9.17, 15) is 0 Å². The Hall–Kier alpha value is 0.974. The van der Waals surface area contributed by atoms with Gasteiger partial charge in [-0.25, -0.2) is 0 Å². The first-order chi connectivity index (χ1) is 4.18. The highest BCUT2D eigenvalue weighted by Crippen LogP contribution is 2.07. The summed E-state index contributed by atoms with van der Waals surface area (Å²) in [6.07, 6.45) is 0. The van der Waals surface area contributed by atoms with Crippen LogP contribution in [0.3, 0.4) is 0 Å². The van der Waals surface area contributed by atoms with Gasteiger partial charge in [-0.2, -0.15) is 0 Å². The van der Waals surface area contributed by atoms with Gasteiger partial charge in [0.2, 0.25) is 18.1 Å². The van der Waals surface area contributed by atoms with Crippen LogP contribution in [-0.4, -0.2) is 29.1 Å². The molecule has 0 saturated carbocycles. The van der Waals surface area contributed by atoms with Crippen molar-refractivity contribution in [1.82, 2.24) is 0 Å². The van der Waals surface area contributed by atoms with Gasteiger partial charge in [-0.1, -0.05) is 0 Å². The number of rotatable bonds is 4. The Kier molecular flexibility index (Phi) is 5.25. The molecule has 5 heteroatoms. The molecule has 0 unspecified atom stereocenters. The minimum atomic E-state index is -1.65. The van der Waals surface area contributed by atoms with Crippen molar-refractivity contribution < 1.29 is 4.12 Å². The maximum absolute atomic E-state index is 5.64. The Morgan fingerprint density at radius 2 is 1.89 bits per heavy atom. The Labute approximate surface area is 69.8 Å². The molecule has 1 nitrogen and oxygen atoms in total. The van der Waals surface area contributed by atoms with Crippen molar-refractivity contribution in [2.45, 2.75) is 13.1 Å². The molecule has 0 heterocycles. The van der Waals surface area contributed by atoms with Gasteiger partial charge in [0.15, 0.2) is 0 Å². The van der Waals surface area contributed by atoms with E-state index in [1.165, 1.54) is 0 Å². The van der Waals surface area contributed by atoms with Crippen LogP contribution in [0.5, 0.6) is 0 Å². The number of alkyl halides is 2. The number of hydrogen-bond acceptors (Lipinski definition) is 1. The molecule has 0 spiro atoms. The van der Waals surface area contributed by atoms with Crippen LogP contribution in [0.1, 0.15) is 0 Å². The summed E-state index contributed by atoms with van der Waals surface area (Å²) in [4.78, 5) is 0. The first kappa shape index (κ1) is 9.97. The SMILES string of the molecule is C[Si]O[Si](C)(CCl)CCl. The van der Waals surface area contributed by atoms with E-state index in [0.717, 1.165) is 0 Å². The lowest BCUT2D eigenvalue weighted by molar-refractivity contribution is 0.599. The van der Waals surface area contributed by atoms with Gasteiger partial charge in [0.25, 0.3) is 0 Å². The highest BCUT2D eigenvalue weighted by molar-refractivity contribution is 6.86. The molecule has 9 heavy (non-hydrogen) atoms. The van der Waals surface area contributed by atoms with Crippen molar-refractivity contribution in [2.24, 2.45) is 0 Å². The average molecular weight is 201 g/mol. The van der Waals surface area contributed by atoms with Crippen LogP contribution < -0.4 is 0 Å². The van der Waals surface area contributed by atoms with E-state index in [1.54, 1.807) is 0 Å². The highest BCUT2D eigenvalue weighted by atomic mass is 35.5. The summed E-state index contributed by atoms with van der Waals surface area (Å²) >= 11 is 11.3. The molecule has 0 aliphatic carbocycles. The molecule has 0 aliphatic rings. The van der Waals surface area contributed by atoms with Crippen LogP contribution >= 0.6 is 23.2 Å². The van der Waals surface area contributed by atoms with Gasteiger partial charge in [0.05, 0.1) is 0 Å². The molecule has 54 valence electrons. The van der Waals surface area contributed by atoms with E-state index in [0.29, 0.717) is 20.8 Å². The molecule has 2 radical (unpaired) electrons. The fraction of sp³-hybridized carbons (Fsp3) is 1.00. The Bertz CT molecular complexity index is 77.0. The molecule has 0 amide bonds. The van der Waals surface area contributed by atoms with Gasteiger partial charge >= 0.3 is 0 Å². The topological polar surface area (TPSA) is 9.23 Å². The van der Waals surface area contributed by atoms with Crippen LogP contribution in [0.15, 0.2) is 0 Å². The summed E-state index contributed by atoms with van der Waals surface area (Å²) in [5.41, 5.74) is 1.19. The zero-order valence-electron chi connectivity index (χ0n) is 5.58. The molecule has 0 aromatic heterocycles. The second-order valence-corrected chi connectivity index (χ2v) is 8.29. The van der Waals surface area contributed by atoms with Crippen LogP contribution in [0.25, 0.3) is 0 Å². The van der Waals surface area contributed by atoms with Crippen molar-refractivity contribution in [3.63, 3.8) is 0 Å². The molecule has 0 bridgehead atoms. The van der Waals surface area contributed by atoms with E-state index < -0.39 is 8.32 Å². The lowest BCUT2D eigenvalue weighted by Gasteiger charge is -2.20. The Morgan fingerprint density at radius 3 is 2.00 bits per heavy atom. The fourth-order valence-electron chi connectivity index (χ4n) is 0.337. The largest absolute Gasteiger partial charge is 0.455 e. The van der Waals surface area contributed by atoms with E-state index in [1.807, 2.05) is 13.1 Å². The maximum Gasteiger partial charge on any atom is 0.211 e. The molecule has 0 fully saturated rings. The van der Waals surface area contributed by atoms with E-state index >= 15 is 0 Å². The third kappa shape index (κ3) is 3.62. The van der Waals surface area contributed by atoms with E-state index in [-0.39, 0.29) is 0 Å². The standard InChI is InChI=1S/C4H10Cl2OSi2/c1-8-7-9(2,3-5)4-6/h3-4H2,1-2H3. The van der Waals surface area contributed by atoms with Gasteiger partial charge in [0, 0.05) is 11.0 Å². The predicted molar refractivity (Wildman–Crippen MR) is 45.8 cm³/mol. The molecular weight excluding hydrogens is 191 g/mol. The maximum atomic E-state index is 5.64. The second kappa shape index (κ2) is 4.74. The third-order valence-electron chi connectivity index (χ3n) is 0.914. The van der Waals surface area contributed by atoms with Crippen LogP contribution in [0.4, 0.5) is 0 Å². The van der Waals surface area contributed by atoms with Crippen molar-refractivity contribution in [3.05, 3.63) is 0 Å². The van der Waals surface area contributed by atoms with Crippen LogP contribution in [0.2, 0.25) is 13.1 Å². The minimum absolute atomic E-state index is 0.516. The quantitative estimate of drug-likeness (QED) is 0.498. The predicted octanol–water partition coefficient (Wildman–Crippen LogP) is 1.80. The van der Waals surface area contributed by atoms with Crippen molar-refractivity contribution in [3.8, 4) is 0 Å². The Balaban J connectivity index is 3.62. The number of hydrogen-bond donors (Lipinski definition) is 0. The molecular formula is C4H10Cl2OSi2. The minimum Gasteiger partial charge on any atom is -0.455 e. The van der Waals surface area contributed by atoms with Gasteiger partial charge in [-0.3, -0.25) is 0 Å². The fourth-order valence-corrected chi connectivity index (χ4v) is 4.65. The molecule has 0 aromatic rings. The first-order valence-corrected chi connectivity index (χ1v) is 7.95. The lowest BCUT2D eigenvalue weighted by Crippen LogP contribution is -2.40. The van der Waals surface area contributed by atoms with Gasteiger partial charge in [-0.05, 0) is 13.1 Å². The summed E-state index contributed by atoms with van der Waals surface area (Å²) in [5, 5.41) is 0. The zero-order chi connectivity index (χ0) is 7.33. The highest BCUT2D eigenvalue weighted by Gasteiger charge is 2.25. The molecule has 0 aliphatic heterocycles. The van der Waals surface area contributed by atoms with E-state index in [2.05, 4.69) is 0 Å². The van der Waals surface area contributed by atoms with Crippen molar-refractivity contribution in [2.75, 3.05) is 11.0 Å². The van der Waals surface area contributed by atoms with Gasteiger partial charge < -0.3 is 4.12 Å². The Morgan fingerprint density at radius 1 is 1.44 bits per heavy atom. The first-order valence-electron chi connectivity index (χ1n) is 2.65. The van der Waals surface area contributed by atoms with Crippen molar-refractivity contribution >= 4 is 41.3 Å². The summed E-state index contributed by atoms with van der Waals surface area (Å²) < 4.78 is 5.43. The van der Waals surface area contributed by atoms with Gasteiger partial charge in [-0.15, -0.1) is 23.2 Å². The van der Waals surface area contributed by atoms with Crippen LogP contribution in [0, 0.1) is 0 Å². The normalized spacial score (nSPS) is 12.0. The molecule has 0 saturated heterocycles. The average Bonchev–Trinajstić information content (AvgIpc) is 1.89. The smallest absolute Gasteiger partial charge is 0.211 e. The third-order valence-corrected chi connectivity index (χ3v) is 8.22. The summed E-state index contributed by atoms with van der Waals surface area (Å²) in [7, 11) is -1.14. The second-order valence-electron chi connectivity index (χ2n) is 2.02. The summed E-state index contributed by atoms with van der Waals surface area (Å²) in [6.45, 7) is 4.04.